The molecule has 0 fully saturated rings. The molecule has 6 heteroatoms. The zero-order valence-electron chi connectivity index (χ0n) is 19.4. The molecule has 0 radical (unpaired) electrons. The molecule has 2 aliphatic heterocycles. The molecule has 0 unspecified atom stereocenters. The quantitative estimate of drug-likeness (QED) is 0.543. The zero-order valence-corrected chi connectivity index (χ0v) is 19.4. The van der Waals surface area contributed by atoms with E-state index in [0.29, 0.717) is 22.6 Å². The Bertz CT molecular complexity index is 1290. The second-order valence-corrected chi connectivity index (χ2v) is 9.45. The van der Waals surface area contributed by atoms with Crippen LogP contribution in [0.1, 0.15) is 37.5 Å². The molecule has 5 rings (SSSR count). The van der Waals surface area contributed by atoms with Gasteiger partial charge in [-0.2, -0.15) is 0 Å². The largest absolute Gasteiger partial charge is 0.454 e. The molecule has 0 saturated carbocycles. The molecule has 0 aromatic heterocycles. The van der Waals surface area contributed by atoms with E-state index in [2.05, 4.69) is 26.1 Å². The van der Waals surface area contributed by atoms with E-state index < -0.39 is 0 Å². The van der Waals surface area contributed by atoms with Gasteiger partial charge in [-0.15, -0.1) is 0 Å². The Balaban J connectivity index is 1.47. The van der Waals surface area contributed by atoms with Gasteiger partial charge in [0, 0.05) is 5.69 Å². The van der Waals surface area contributed by atoms with E-state index in [1.807, 2.05) is 66.7 Å². The third-order valence-electron chi connectivity index (χ3n) is 6.03. The first kappa shape index (κ1) is 21.8. The summed E-state index contributed by atoms with van der Waals surface area (Å²) in [7, 11) is 0. The molecule has 6 nitrogen and oxygen atoms in total. The minimum Gasteiger partial charge on any atom is -0.454 e. The van der Waals surface area contributed by atoms with E-state index in [1.54, 1.807) is 6.07 Å². The fourth-order valence-corrected chi connectivity index (χ4v) is 4.13. The number of benzene rings is 3. The molecule has 2 heterocycles. The highest BCUT2D eigenvalue weighted by molar-refractivity contribution is 6.36. The van der Waals surface area contributed by atoms with Crippen molar-refractivity contribution >= 4 is 23.1 Å². The van der Waals surface area contributed by atoms with Gasteiger partial charge in [0.05, 0.1) is 12.1 Å². The number of hydrogen-bond acceptors (Lipinski definition) is 5. The van der Waals surface area contributed by atoms with Crippen molar-refractivity contribution in [2.45, 2.75) is 32.7 Å². The summed E-state index contributed by atoms with van der Waals surface area (Å²) >= 11 is 0. The van der Waals surface area contributed by atoms with Crippen LogP contribution >= 0.6 is 0 Å². The van der Waals surface area contributed by atoms with E-state index in [0.717, 1.165) is 11.3 Å². The Morgan fingerprint density at radius 2 is 1.56 bits per heavy atom. The van der Waals surface area contributed by atoms with Gasteiger partial charge in [-0.05, 0) is 46.4 Å². The van der Waals surface area contributed by atoms with E-state index in [-0.39, 0.29) is 36.3 Å². The van der Waals surface area contributed by atoms with Crippen molar-refractivity contribution in [1.82, 2.24) is 4.90 Å². The van der Waals surface area contributed by atoms with E-state index in [4.69, 9.17) is 9.47 Å². The molecule has 2 amide bonds. The highest BCUT2D eigenvalue weighted by Gasteiger charge is 2.39. The highest BCUT2D eigenvalue weighted by atomic mass is 16.7. The molecule has 3 aromatic rings. The number of carbonyl (C=O) groups is 2. The molecular formula is C28H26N2O4. The molecule has 0 spiro atoms. The molecule has 0 aliphatic carbocycles. The lowest BCUT2D eigenvalue weighted by atomic mass is 9.87. The molecule has 0 bridgehead atoms. The van der Waals surface area contributed by atoms with Gasteiger partial charge in [0.1, 0.15) is 5.70 Å². The van der Waals surface area contributed by atoms with Crippen LogP contribution in [0.5, 0.6) is 11.5 Å². The van der Waals surface area contributed by atoms with E-state index in [9.17, 15) is 9.59 Å². The van der Waals surface area contributed by atoms with Gasteiger partial charge in [-0.1, -0.05) is 69.3 Å². The second kappa shape index (κ2) is 8.37. The van der Waals surface area contributed by atoms with Gasteiger partial charge in [-0.25, -0.2) is 0 Å². The van der Waals surface area contributed by atoms with Crippen LogP contribution in [0.3, 0.4) is 0 Å². The number of amides is 2. The fraction of sp³-hybridized carbons (Fsp3) is 0.214. The topological polar surface area (TPSA) is 67.9 Å². The Labute approximate surface area is 198 Å². The van der Waals surface area contributed by atoms with Crippen molar-refractivity contribution in [2.75, 3.05) is 12.1 Å². The molecule has 0 saturated heterocycles. The number of rotatable bonds is 5. The second-order valence-electron chi connectivity index (χ2n) is 9.45. The van der Waals surface area contributed by atoms with Gasteiger partial charge in [0.25, 0.3) is 11.8 Å². The first-order valence-corrected chi connectivity index (χ1v) is 11.2. The molecule has 1 N–H and O–H groups in total. The van der Waals surface area contributed by atoms with Crippen LogP contribution in [0.2, 0.25) is 0 Å². The minimum absolute atomic E-state index is 0.0214. The van der Waals surface area contributed by atoms with Crippen LogP contribution in [0, 0.1) is 0 Å². The van der Waals surface area contributed by atoms with Crippen molar-refractivity contribution in [2.24, 2.45) is 0 Å². The summed E-state index contributed by atoms with van der Waals surface area (Å²) in [6, 6.07) is 22.7. The summed E-state index contributed by atoms with van der Waals surface area (Å²) in [6.45, 7) is 6.76. The van der Waals surface area contributed by atoms with Crippen LogP contribution in [0.4, 0.5) is 5.69 Å². The van der Waals surface area contributed by atoms with Crippen LogP contribution < -0.4 is 14.8 Å². The Morgan fingerprint density at radius 3 is 2.26 bits per heavy atom. The Kier molecular flexibility index (Phi) is 5.36. The average molecular weight is 455 g/mol. The fourth-order valence-electron chi connectivity index (χ4n) is 4.13. The summed E-state index contributed by atoms with van der Waals surface area (Å²) < 4.78 is 10.8. The van der Waals surface area contributed by atoms with Gasteiger partial charge in [0.2, 0.25) is 6.79 Å². The monoisotopic (exact) mass is 454 g/mol. The molecule has 3 aromatic carbocycles. The lowest BCUT2D eigenvalue weighted by molar-refractivity contribution is -0.137. The van der Waals surface area contributed by atoms with Crippen molar-refractivity contribution in [3.63, 3.8) is 0 Å². The van der Waals surface area contributed by atoms with E-state index in [1.165, 1.54) is 10.5 Å². The molecule has 2 aliphatic rings. The summed E-state index contributed by atoms with van der Waals surface area (Å²) in [5.74, 6) is 0.584. The Morgan fingerprint density at radius 1 is 0.853 bits per heavy atom. The van der Waals surface area contributed by atoms with Crippen LogP contribution in [0.15, 0.2) is 78.5 Å². The van der Waals surface area contributed by atoms with Gasteiger partial charge in [-0.3, -0.25) is 14.5 Å². The van der Waals surface area contributed by atoms with Crippen LogP contribution in [-0.2, 0) is 21.5 Å². The van der Waals surface area contributed by atoms with Crippen molar-refractivity contribution in [3.05, 3.63) is 95.2 Å². The number of anilines is 1. The van der Waals surface area contributed by atoms with Crippen molar-refractivity contribution in [3.8, 4) is 11.5 Å². The first-order chi connectivity index (χ1) is 16.3. The van der Waals surface area contributed by atoms with Gasteiger partial charge >= 0.3 is 0 Å². The lowest BCUT2D eigenvalue weighted by Gasteiger charge is -2.19. The van der Waals surface area contributed by atoms with E-state index >= 15 is 0 Å². The SMILES string of the molecule is CC(C)(C)c1ccc(NC2=C(c3ccccc3)C(=O)N(Cc3ccc4c(c3)OCO4)C2=O)cc1. The third kappa shape index (κ3) is 4.03. The maximum Gasteiger partial charge on any atom is 0.278 e. The molecule has 172 valence electrons. The molecule has 34 heavy (non-hydrogen) atoms. The number of fused-ring (bicyclic) bond motifs is 1. The number of nitrogens with one attached hydrogen (secondary N) is 1. The number of ether oxygens (including phenoxy) is 2. The Hall–Kier alpha value is -4.06. The third-order valence-corrected chi connectivity index (χ3v) is 6.03. The predicted molar refractivity (Wildman–Crippen MR) is 130 cm³/mol. The number of hydrogen-bond donors (Lipinski definition) is 1. The summed E-state index contributed by atoms with van der Waals surface area (Å²) in [5.41, 5.74) is 4.09. The number of nitrogens with zero attached hydrogens (tertiary/aromatic N) is 1. The standard InChI is InChI=1S/C28H26N2O4/c1-28(2,3)20-10-12-21(13-11-20)29-25-24(19-7-5-4-6-8-19)26(31)30(27(25)32)16-18-9-14-22-23(15-18)34-17-33-22/h4-15,29H,16-17H2,1-3H3. The smallest absolute Gasteiger partial charge is 0.278 e. The maximum atomic E-state index is 13.5. The normalized spacial score (nSPS) is 15.3. The predicted octanol–water partition coefficient (Wildman–Crippen LogP) is 5.11. The first-order valence-electron chi connectivity index (χ1n) is 11.2. The molecule has 0 atom stereocenters. The highest BCUT2D eigenvalue weighted by Crippen LogP contribution is 2.35. The summed E-state index contributed by atoms with van der Waals surface area (Å²) in [5, 5.41) is 3.23. The summed E-state index contributed by atoms with van der Waals surface area (Å²) in [6.07, 6.45) is 0. The van der Waals surface area contributed by atoms with Crippen LogP contribution in [0.25, 0.3) is 5.57 Å². The minimum atomic E-state index is -0.360. The summed E-state index contributed by atoms with van der Waals surface area (Å²) in [4.78, 5) is 28.3. The average Bonchev–Trinajstić information content (AvgIpc) is 3.38. The number of imide groups is 1. The lowest BCUT2D eigenvalue weighted by Crippen LogP contribution is -2.32. The number of carbonyl (C=O) groups excluding carboxylic acids is 2. The van der Waals surface area contributed by atoms with Gasteiger partial charge < -0.3 is 14.8 Å². The zero-order chi connectivity index (χ0) is 23.9. The van der Waals surface area contributed by atoms with Crippen molar-refractivity contribution in [1.29, 1.82) is 0 Å². The van der Waals surface area contributed by atoms with Crippen LogP contribution in [-0.4, -0.2) is 23.5 Å². The van der Waals surface area contributed by atoms with Crippen molar-refractivity contribution < 1.29 is 19.1 Å². The maximum absolute atomic E-state index is 13.5. The molecular weight excluding hydrogens is 428 g/mol. The van der Waals surface area contributed by atoms with Gasteiger partial charge in [0.15, 0.2) is 11.5 Å².